The van der Waals surface area contributed by atoms with Gasteiger partial charge in [-0.1, -0.05) is 6.07 Å². The van der Waals surface area contributed by atoms with Crippen LogP contribution in [0.4, 0.5) is 5.69 Å². The molecule has 7 heteroatoms. The van der Waals surface area contributed by atoms with E-state index in [2.05, 4.69) is 11.0 Å². The van der Waals surface area contributed by atoms with Crippen molar-refractivity contribution >= 4 is 28.8 Å². The minimum atomic E-state index is 0.0746. The molecule has 1 aliphatic carbocycles. The van der Waals surface area contributed by atoms with Crippen molar-refractivity contribution in [3.63, 3.8) is 0 Å². The summed E-state index contributed by atoms with van der Waals surface area (Å²) in [5.74, 6) is 1.41. The van der Waals surface area contributed by atoms with Crippen LogP contribution in [0, 0.1) is 5.92 Å². The van der Waals surface area contributed by atoms with Gasteiger partial charge in [0.15, 0.2) is 0 Å². The predicted molar refractivity (Wildman–Crippen MR) is 114 cm³/mol. The second-order valence-corrected chi connectivity index (χ2v) is 8.67. The average molecular weight is 414 g/mol. The summed E-state index contributed by atoms with van der Waals surface area (Å²) < 4.78 is 5.25. The summed E-state index contributed by atoms with van der Waals surface area (Å²) in [5.41, 5.74) is 0.867. The Morgan fingerprint density at radius 3 is 2.41 bits per heavy atom. The van der Waals surface area contributed by atoms with E-state index in [1.165, 1.54) is 0 Å². The lowest BCUT2D eigenvalue weighted by molar-refractivity contribution is -0.134. The number of piperazine rings is 1. The van der Waals surface area contributed by atoms with Crippen LogP contribution in [-0.4, -0.2) is 61.4 Å². The van der Waals surface area contributed by atoms with Gasteiger partial charge < -0.3 is 14.5 Å². The minimum Gasteiger partial charge on any atom is -0.497 e. The van der Waals surface area contributed by atoms with Crippen LogP contribution in [0.5, 0.6) is 5.75 Å². The number of anilines is 1. The zero-order valence-corrected chi connectivity index (χ0v) is 17.6. The molecule has 2 aromatic rings. The zero-order chi connectivity index (χ0) is 20.2. The molecule has 2 amide bonds. The van der Waals surface area contributed by atoms with Crippen molar-refractivity contribution in [2.45, 2.75) is 19.4 Å². The van der Waals surface area contributed by atoms with E-state index in [4.69, 9.17) is 4.74 Å². The fourth-order valence-electron chi connectivity index (χ4n) is 3.64. The second-order valence-electron chi connectivity index (χ2n) is 7.63. The lowest BCUT2D eigenvalue weighted by atomic mass is 10.2. The Morgan fingerprint density at radius 1 is 1.10 bits per heavy atom. The smallest absolute Gasteiger partial charge is 0.241 e. The van der Waals surface area contributed by atoms with E-state index in [9.17, 15) is 9.59 Å². The molecule has 29 heavy (non-hydrogen) atoms. The highest BCUT2D eigenvalue weighted by atomic mass is 32.1. The van der Waals surface area contributed by atoms with Crippen LogP contribution in [0.15, 0.2) is 41.8 Å². The lowest BCUT2D eigenvalue weighted by Gasteiger charge is -2.35. The molecule has 1 saturated heterocycles. The van der Waals surface area contributed by atoms with E-state index in [-0.39, 0.29) is 11.8 Å². The maximum absolute atomic E-state index is 13.2. The molecule has 0 atom stereocenters. The normalized spacial score (nSPS) is 17.2. The van der Waals surface area contributed by atoms with E-state index in [1.807, 2.05) is 45.5 Å². The molecule has 2 heterocycles. The van der Waals surface area contributed by atoms with Gasteiger partial charge in [-0.15, -0.1) is 11.3 Å². The Kier molecular flexibility index (Phi) is 6.16. The van der Waals surface area contributed by atoms with Crippen LogP contribution in [0.25, 0.3) is 0 Å². The average Bonchev–Trinajstić information content (AvgIpc) is 3.48. The molecule has 154 valence electrons. The highest BCUT2D eigenvalue weighted by Crippen LogP contribution is 2.31. The molecule has 1 aromatic carbocycles. The summed E-state index contributed by atoms with van der Waals surface area (Å²) in [7, 11) is 1.64. The molecule has 1 saturated carbocycles. The van der Waals surface area contributed by atoms with E-state index >= 15 is 0 Å². The number of hydrogen-bond acceptors (Lipinski definition) is 5. The van der Waals surface area contributed by atoms with Gasteiger partial charge in [-0.25, -0.2) is 0 Å². The van der Waals surface area contributed by atoms with Gasteiger partial charge in [0, 0.05) is 42.7 Å². The van der Waals surface area contributed by atoms with Gasteiger partial charge in [-0.2, -0.15) is 0 Å². The standard InChI is InChI=1S/C22H27N3O3S/c1-28-19-8-6-18(7-9-19)25(15-20-3-2-14-29-20)21(26)16-23-10-12-24(13-11-23)22(27)17-4-5-17/h2-3,6-9,14,17H,4-5,10-13,15-16H2,1H3. The number of hydrogen-bond donors (Lipinski definition) is 0. The van der Waals surface area contributed by atoms with Crippen molar-refractivity contribution in [3.8, 4) is 5.75 Å². The SMILES string of the molecule is COc1ccc(N(Cc2cccs2)C(=O)CN2CCN(C(=O)C3CC3)CC2)cc1. The highest BCUT2D eigenvalue weighted by molar-refractivity contribution is 7.09. The Balaban J connectivity index is 1.40. The summed E-state index contributed by atoms with van der Waals surface area (Å²) in [6.07, 6.45) is 2.08. The Bertz CT molecular complexity index is 825. The first-order valence-electron chi connectivity index (χ1n) is 10.1. The molecule has 0 radical (unpaired) electrons. The Labute approximate surface area is 175 Å². The van der Waals surface area contributed by atoms with E-state index in [0.29, 0.717) is 19.0 Å². The third-order valence-electron chi connectivity index (χ3n) is 5.55. The van der Waals surface area contributed by atoms with Gasteiger partial charge >= 0.3 is 0 Å². The quantitative estimate of drug-likeness (QED) is 0.701. The second kappa shape index (κ2) is 8.97. The van der Waals surface area contributed by atoms with E-state index in [1.54, 1.807) is 18.4 Å². The summed E-state index contributed by atoms with van der Waals surface area (Å²) in [6, 6.07) is 11.7. The van der Waals surface area contributed by atoms with Crippen molar-refractivity contribution in [1.29, 1.82) is 0 Å². The third-order valence-corrected chi connectivity index (χ3v) is 6.41. The third kappa shape index (κ3) is 4.97. The maximum atomic E-state index is 13.2. The fraction of sp³-hybridized carbons (Fsp3) is 0.455. The molecule has 2 fully saturated rings. The maximum Gasteiger partial charge on any atom is 0.241 e. The summed E-state index contributed by atoms with van der Waals surface area (Å²) >= 11 is 1.65. The number of rotatable bonds is 7. The van der Waals surface area contributed by atoms with Gasteiger partial charge in [0.1, 0.15) is 5.75 Å². The number of benzene rings is 1. The predicted octanol–water partition coefficient (Wildman–Crippen LogP) is 2.84. The van der Waals surface area contributed by atoms with Crippen LogP contribution < -0.4 is 9.64 Å². The largest absolute Gasteiger partial charge is 0.497 e. The lowest BCUT2D eigenvalue weighted by Crippen LogP contribution is -2.51. The van der Waals surface area contributed by atoms with Crippen molar-refractivity contribution in [2.24, 2.45) is 5.92 Å². The monoisotopic (exact) mass is 413 g/mol. The number of ether oxygens (including phenoxy) is 1. The summed E-state index contributed by atoms with van der Waals surface area (Å²) in [5, 5.41) is 2.03. The number of nitrogens with zero attached hydrogens (tertiary/aromatic N) is 3. The van der Waals surface area contributed by atoms with Crippen LogP contribution in [-0.2, 0) is 16.1 Å². The molecule has 0 N–H and O–H groups in total. The van der Waals surface area contributed by atoms with Gasteiger partial charge in [0.25, 0.3) is 0 Å². The van der Waals surface area contributed by atoms with E-state index in [0.717, 1.165) is 55.3 Å². The van der Waals surface area contributed by atoms with Crippen molar-refractivity contribution in [1.82, 2.24) is 9.80 Å². The van der Waals surface area contributed by atoms with E-state index < -0.39 is 0 Å². The first-order valence-corrected chi connectivity index (χ1v) is 11.0. The van der Waals surface area contributed by atoms with Crippen molar-refractivity contribution in [2.75, 3.05) is 44.7 Å². The van der Waals surface area contributed by atoms with Gasteiger partial charge in [0.2, 0.25) is 11.8 Å². The molecule has 6 nitrogen and oxygen atoms in total. The number of amides is 2. The van der Waals surface area contributed by atoms with Crippen LogP contribution >= 0.6 is 11.3 Å². The van der Waals surface area contributed by atoms with Gasteiger partial charge in [-0.3, -0.25) is 14.5 Å². The first kappa shape index (κ1) is 19.9. The molecule has 0 unspecified atom stereocenters. The highest BCUT2D eigenvalue weighted by Gasteiger charge is 2.35. The summed E-state index contributed by atoms with van der Waals surface area (Å²) in [4.78, 5) is 32.5. The van der Waals surface area contributed by atoms with Crippen LogP contribution in [0.2, 0.25) is 0 Å². The summed E-state index contributed by atoms with van der Waals surface area (Å²) in [6.45, 7) is 3.86. The fourth-order valence-corrected chi connectivity index (χ4v) is 4.33. The molecule has 0 spiro atoms. The first-order chi connectivity index (χ1) is 14.1. The Morgan fingerprint density at radius 2 is 1.83 bits per heavy atom. The van der Waals surface area contributed by atoms with Crippen LogP contribution in [0.3, 0.4) is 0 Å². The molecule has 1 aromatic heterocycles. The molecule has 4 rings (SSSR count). The molecule has 1 aliphatic heterocycles. The molecular weight excluding hydrogens is 386 g/mol. The number of carbonyl (C=O) groups is 2. The Hall–Kier alpha value is -2.38. The van der Waals surface area contributed by atoms with Crippen LogP contribution in [0.1, 0.15) is 17.7 Å². The molecular formula is C22H27N3O3S. The molecule has 2 aliphatic rings. The van der Waals surface area contributed by atoms with Crippen molar-refractivity contribution < 1.29 is 14.3 Å². The molecule has 0 bridgehead atoms. The minimum absolute atomic E-state index is 0.0746. The van der Waals surface area contributed by atoms with Gasteiger partial charge in [0.05, 0.1) is 20.2 Å². The topological polar surface area (TPSA) is 53.1 Å². The zero-order valence-electron chi connectivity index (χ0n) is 16.8. The number of thiophene rings is 1. The van der Waals surface area contributed by atoms with Gasteiger partial charge in [-0.05, 0) is 48.6 Å². The number of methoxy groups -OCH3 is 1. The number of carbonyl (C=O) groups excluding carboxylic acids is 2. The van der Waals surface area contributed by atoms with Crippen molar-refractivity contribution in [3.05, 3.63) is 46.7 Å².